The lowest BCUT2D eigenvalue weighted by atomic mass is 10.2. The minimum atomic E-state index is -4.10. The lowest BCUT2D eigenvalue weighted by Crippen LogP contribution is -2.33. The minimum absolute atomic E-state index is 0.0830. The highest BCUT2D eigenvalue weighted by atomic mass is 32.2. The van der Waals surface area contributed by atoms with Gasteiger partial charge in [-0.15, -0.1) is 0 Å². The second-order valence-corrected chi connectivity index (χ2v) is 8.75. The van der Waals surface area contributed by atoms with E-state index in [0.717, 1.165) is 17.7 Å². The van der Waals surface area contributed by atoms with Crippen LogP contribution in [0.1, 0.15) is 25.3 Å². The standard InChI is InChI=1S/C20H23F2NO4S/c1-14(13-26-2)27-18-5-3-4-15(10-18)12-23(17-7-8-17)28(24,25)20-9-6-16(21)11-19(20)22/h3-6,9-11,14,17H,7-8,12-13H2,1-2H3/t14-/m0/s1. The number of methoxy groups -OCH3 is 1. The molecule has 0 spiro atoms. The summed E-state index contributed by atoms with van der Waals surface area (Å²) in [6, 6.07) is 9.44. The van der Waals surface area contributed by atoms with Gasteiger partial charge in [-0.2, -0.15) is 4.31 Å². The lowest BCUT2D eigenvalue weighted by molar-refractivity contribution is 0.0920. The fourth-order valence-corrected chi connectivity index (χ4v) is 4.70. The van der Waals surface area contributed by atoms with E-state index in [-0.39, 0.29) is 18.7 Å². The Bertz CT molecular complexity index is 932. The Morgan fingerprint density at radius 2 is 1.93 bits per heavy atom. The van der Waals surface area contributed by atoms with Gasteiger partial charge < -0.3 is 9.47 Å². The van der Waals surface area contributed by atoms with Gasteiger partial charge in [-0.3, -0.25) is 0 Å². The number of halogens is 2. The van der Waals surface area contributed by atoms with E-state index in [9.17, 15) is 17.2 Å². The molecule has 1 saturated carbocycles. The molecule has 0 unspecified atom stereocenters. The molecule has 1 atom stereocenters. The number of sulfonamides is 1. The van der Waals surface area contributed by atoms with Crippen LogP contribution in [0.3, 0.4) is 0 Å². The van der Waals surface area contributed by atoms with Gasteiger partial charge in [0.1, 0.15) is 28.4 Å². The summed E-state index contributed by atoms with van der Waals surface area (Å²) in [4.78, 5) is -0.512. The first-order chi connectivity index (χ1) is 13.3. The Balaban J connectivity index is 1.84. The van der Waals surface area contributed by atoms with Crippen molar-refractivity contribution in [3.05, 3.63) is 59.7 Å². The highest BCUT2D eigenvalue weighted by molar-refractivity contribution is 7.89. The molecule has 2 aromatic rings. The molecule has 5 nitrogen and oxygen atoms in total. The van der Waals surface area contributed by atoms with Crippen molar-refractivity contribution in [1.82, 2.24) is 4.31 Å². The summed E-state index contributed by atoms with van der Waals surface area (Å²) in [5, 5.41) is 0. The molecule has 3 rings (SSSR count). The molecule has 0 bridgehead atoms. The van der Waals surface area contributed by atoms with Crippen LogP contribution in [0.2, 0.25) is 0 Å². The highest BCUT2D eigenvalue weighted by Gasteiger charge is 2.39. The highest BCUT2D eigenvalue weighted by Crippen LogP contribution is 2.34. The molecule has 152 valence electrons. The maximum atomic E-state index is 14.1. The molecule has 0 amide bonds. The van der Waals surface area contributed by atoms with Crippen molar-refractivity contribution >= 4 is 10.0 Å². The van der Waals surface area contributed by atoms with Crippen LogP contribution in [0.4, 0.5) is 8.78 Å². The van der Waals surface area contributed by atoms with Crippen molar-refractivity contribution in [3.8, 4) is 5.75 Å². The van der Waals surface area contributed by atoms with Crippen LogP contribution in [-0.2, 0) is 21.3 Å². The van der Waals surface area contributed by atoms with Gasteiger partial charge in [-0.25, -0.2) is 17.2 Å². The van der Waals surface area contributed by atoms with Crippen molar-refractivity contribution in [1.29, 1.82) is 0 Å². The van der Waals surface area contributed by atoms with Crippen LogP contribution in [0.5, 0.6) is 5.75 Å². The third-order valence-corrected chi connectivity index (χ3v) is 6.34. The van der Waals surface area contributed by atoms with Crippen molar-refractivity contribution in [2.45, 2.75) is 43.4 Å². The van der Waals surface area contributed by atoms with Gasteiger partial charge in [0.15, 0.2) is 0 Å². The molecule has 1 aliphatic carbocycles. The summed E-state index contributed by atoms with van der Waals surface area (Å²) in [5.41, 5.74) is 0.722. The number of ether oxygens (including phenoxy) is 2. The summed E-state index contributed by atoms with van der Waals surface area (Å²) < 4.78 is 65.4. The Labute approximate surface area is 163 Å². The average Bonchev–Trinajstić information content (AvgIpc) is 3.44. The summed E-state index contributed by atoms with van der Waals surface area (Å²) in [6.07, 6.45) is 1.27. The Morgan fingerprint density at radius 1 is 1.18 bits per heavy atom. The predicted octanol–water partition coefficient (Wildman–Crippen LogP) is 3.73. The van der Waals surface area contributed by atoms with Crippen molar-refractivity contribution < 1.29 is 26.7 Å². The summed E-state index contributed by atoms with van der Waals surface area (Å²) >= 11 is 0. The van der Waals surface area contributed by atoms with Crippen LogP contribution in [0.25, 0.3) is 0 Å². The first-order valence-corrected chi connectivity index (χ1v) is 10.5. The summed E-state index contributed by atoms with van der Waals surface area (Å²) in [7, 11) is -2.51. The quantitative estimate of drug-likeness (QED) is 0.631. The van der Waals surface area contributed by atoms with Crippen LogP contribution >= 0.6 is 0 Å². The molecule has 2 aromatic carbocycles. The van der Waals surface area contributed by atoms with E-state index in [1.54, 1.807) is 31.4 Å². The van der Waals surface area contributed by atoms with Crippen LogP contribution < -0.4 is 4.74 Å². The zero-order valence-corrected chi connectivity index (χ0v) is 16.6. The van der Waals surface area contributed by atoms with Crippen LogP contribution in [0, 0.1) is 11.6 Å². The predicted molar refractivity (Wildman–Crippen MR) is 101 cm³/mol. The number of nitrogens with zero attached hydrogens (tertiary/aromatic N) is 1. The molecular formula is C20H23F2NO4S. The number of hydrogen-bond donors (Lipinski definition) is 0. The molecule has 0 heterocycles. The molecule has 8 heteroatoms. The van der Waals surface area contributed by atoms with Gasteiger partial charge in [-0.1, -0.05) is 12.1 Å². The van der Waals surface area contributed by atoms with E-state index in [4.69, 9.17) is 9.47 Å². The Hall–Kier alpha value is -2.03. The topological polar surface area (TPSA) is 55.8 Å². The second kappa shape index (κ2) is 8.55. The largest absolute Gasteiger partial charge is 0.488 e. The number of hydrogen-bond acceptors (Lipinski definition) is 4. The molecule has 0 saturated heterocycles. The normalized spacial score (nSPS) is 15.6. The van der Waals surface area contributed by atoms with Gasteiger partial charge in [0.25, 0.3) is 0 Å². The van der Waals surface area contributed by atoms with Gasteiger partial charge >= 0.3 is 0 Å². The van der Waals surface area contributed by atoms with Gasteiger partial charge in [0, 0.05) is 25.8 Å². The average molecular weight is 411 g/mol. The molecular weight excluding hydrogens is 388 g/mol. The molecule has 0 aliphatic heterocycles. The summed E-state index contributed by atoms with van der Waals surface area (Å²) in [6.45, 7) is 2.38. The Kier molecular flexibility index (Phi) is 6.32. The van der Waals surface area contributed by atoms with Gasteiger partial charge in [-0.05, 0) is 49.6 Å². The van der Waals surface area contributed by atoms with E-state index < -0.39 is 26.6 Å². The lowest BCUT2D eigenvalue weighted by Gasteiger charge is -2.23. The third-order valence-electron chi connectivity index (χ3n) is 4.41. The maximum Gasteiger partial charge on any atom is 0.246 e. The van der Waals surface area contributed by atoms with E-state index in [2.05, 4.69) is 0 Å². The molecule has 0 radical (unpaired) electrons. The zero-order chi connectivity index (χ0) is 20.3. The fourth-order valence-electron chi connectivity index (χ4n) is 2.98. The van der Waals surface area contributed by atoms with Crippen LogP contribution in [-0.4, -0.2) is 38.6 Å². The first kappa shape index (κ1) is 20.7. The van der Waals surface area contributed by atoms with E-state index >= 15 is 0 Å². The SMILES string of the molecule is COC[C@H](C)Oc1cccc(CN(C2CC2)S(=O)(=O)c2ccc(F)cc2F)c1. The minimum Gasteiger partial charge on any atom is -0.488 e. The molecule has 28 heavy (non-hydrogen) atoms. The maximum absolute atomic E-state index is 14.1. The third kappa shape index (κ3) is 4.87. The van der Waals surface area contributed by atoms with Crippen molar-refractivity contribution in [2.75, 3.05) is 13.7 Å². The first-order valence-electron chi connectivity index (χ1n) is 9.02. The zero-order valence-electron chi connectivity index (χ0n) is 15.8. The molecule has 0 aromatic heterocycles. The Morgan fingerprint density at radius 3 is 2.57 bits per heavy atom. The number of benzene rings is 2. The van der Waals surface area contributed by atoms with Crippen molar-refractivity contribution in [3.63, 3.8) is 0 Å². The van der Waals surface area contributed by atoms with Crippen molar-refractivity contribution in [2.24, 2.45) is 0 Å². The van der Waals surface area contributed by atoms with Gasteiger partial charge in [0.2, 0.25) is 10.0 Å². The van der Waals surface area contributed by atoms with E-state index in [0.29, 0.717) is 31.3 Å². The molecule has 1 fully saturated rings. The summed E-state index contributed by atoms with van der Waals surface area (Å²) in [5.74, 6) is -1.30. The number of rotatable bonds is 9. The second-order valence-electron chi connectivity index (χ2n) is 6.89. The molecule has 0 N–H and O–H groups in total. The smallest absolute Gasteiger partial charge is 0.246 e. The van der Waals surface area contributed by atoms with E-state index in [1.807, 2.05) is 6.92 Å². The van der Waals surface area contributed by atoms with E-state index in [1.165, 1.54) is 4.31 Å². The van der Waals surface area contributed by atoms with Crippen LogP contribution in [0.15, 0.2) is 47.4 Å². The molecule has 1 aliphatic rings. The van der Waals surface area contributed by atoms with Gasteiger partial charge in [0.05, 0.1) is 6.61 Å². The fraction of sp³-hybridized carbons (Fsp3) is 0.400. The monoisotopic (exact) mass is 411 g/mol.